The molecule has 2 rings (SSSR count). The van der Waals surface area contributed by atoms with Crippen molar-refractivity contribution >= 4 is 33.1 Å². The highest BCUT2D eigenvalue weighted by atomic mass is 32.2. The Morgan fingerprint density at radius 2 is 1.92 bits per heavy atom. The van der Waals surface area contributed by atoms with Crippen LogP contribution in [0.4, 0.5) is 0 Å². The van der Waals surface area contributed by atoms with Gasteiger partial charge in [-0.25, -0.2) is 13.2 Å². The molecule has 0 fully saturated rings. The number of sulfonamides is 1. The lowest BCUT2D eigenvalue weighted by molar-refractivity contribution is 0.0475. The van der Waals surface area contributed by atoms with Crippen molar-refractivity contribution in [2.75, 3.05) is 13.7 Å². The summed E-state index contributed by atoms with van der Waals surface area (Å²) < 4.78 is 31.2. The summed E-state index contributed by atoms with van der Waals surface area (Å²) in [7, 11) is -2.22. The van der Waals surface area contributed by atoms with Crippen LogP contribution >= 0.6 is 11.3 Å². The van der Waals surface area contributed by atoms with E-state index < -0.39 is 16.0 Å². The number of nitrogens with zero attached hydrogens (tertiary/aromatic N) is 1. The molecule has 0 N–H and O–H groups in total. The second-order valence-corrected chi connectivity index (χ2v) is 8.56. The van der Waals surface area contributed by atoms with Crippen LogP contribution in [0.2, 0.25) is 0 Å². The van der Waals surface area contributed by atoms with Crippen molar-refractivity contribution < 1.29 is 22.7 Å². The Morgan fingerprint density at radius 1 is 1.20 bits per heavy atom. The fourth-order valence-corrected chi connectivity index (χ4v) is 4.02. The molecule has 8 heteroatoms. The van der Waals surface area contributed by atoms with Gasteiger partial charge in [0.25, 0.3) is 0 Å². The maximum absolute atomic E-state index is 12.5. The second-order valence-electron chi connectivity index (χ2n) is 5.62. The number of carbonyl (C=O) groups excluding carboxylic acids is 2. The third-order valence-electron chi connectivity index (χ3n) is 3.60. The molecule has 0 aliphatic rings. The average molecular weight is 381 g/mol. The first-order valence-electron chi connectivity index (χ1n) is 7.55. The number of benzene rings is 1. The summed E-state index contributed by atoms with van der Waals surface area (Å²) in [5.41, 5.74) is 0.0808. The van der Waals surface area contributed by atoms with Crippen molar-refractivity contribution in [2.45, 2.75) is 24.8 Å². The van der Waals surface area contributed by atoms with Gasteiger partial charge in [-0.2, -0.15) is 4.31 Å². The van der Waals surface area contributed by atoms with Crippen molar-refractivity contribution in [1.29, 1.82) is 0 Å². The van der Waals surface area contributed by atoms with E-state index in [2.05, 4.69) is 0 Å². The molecule has 25 heavy (non-hydrogen) atoms. The van der Waals surface area contributed by atoms with Gasteiger partial charge in [-0.1, -0.05) is 12.1 Å². The van der Waals surface area contributed by atoms with Gasteiger partial charge in [-0.3, -0.25) is 4.79 Å². The summed E-state index contributed by atoms with van der Waals surface area (Å²) in [5.74, 6) is -1.04. The Balaban J connectivity index is 2.13. The van der Waals surface area contributed by atoms with E-state index in [1.165, 1.54) is 47.0 Å². The third kappa shape index (κ3) is 4.53. The molecule has 1 heterocycles. The van der Waals surface area contributed by atoms with E-state index in [0.717, 1.165) is 0 Å². The van der Waals surface area contributed by atoms with Crippen molar-refractivity contribution in [1.82, 2.24) is 4.31 Å². The number of hydrogen-bond acceptors (Lipinski definition) is 6. The van der Waals surface area contributed by atoms with Gasteiger partial charge < -0.3 is 4.74 Å². The van der Waals surface area contributed by atoms with Crippen LogP contribution in [0.3, 0.4) is 0 Å². The summed E-state index contributed by atoms with van der Waals surface area (Å²) >= 11 is 1.26. The molecule has 6 nitrogen and oxygen atoms in total. The van der Waals surface area contributed by atoms with Crippen molar-refractivity contribution in [3.05, 3.63) is 52.2 Å². The number of carbonyl (C=O) groups is 2. The van der Waals surface area contributed by atoms with Crippen molar-refractivity contribution in [2.24, 2.45) is 0 Å². The van der Waals surface area contributed by atoms with Crippen LogP contribution in [0.1, 0.15) is 33.9 Å². The molecule has 0 aliphatic heterocycles. The summed E-state index contributed by atoms with van der Waals surface area (Å²) in [6.45, 7) is 3.12. The van der Waals surface area contributed by atoms with E-state index in [0.29, 0.717) is 4.88 Å². The van der Waals surface area contributed by atoms with Gasteiger partial charge in [0.1, 0.15) is 0 Å². The Bertz CT molecular complexity index is 857. The zero-order valence-electron chi connectivity index (χ0n) is 14.1. The number of ketones is 1. The second kappa shape index (κ2) is 7.90. The zero-order valence-corrected chi connectivity index (χ0v) is 15.8. The molecule has 0 amide bonds. The Morgan fingerprint density at radius 3 is 2.52 bits per heavy atom. The number of ether oxygens (including phenoxy) is 1. The van der Waals surface area contributed by atoms with Crippen LogP contribution in [0.5, 0.6) is 0 Å². The standard InChI is InChI=1S/C17H19NO5S2/c1-12(2)18(3)25(21,22)14-7-4-6-13(10-14)17(20)23-11-15(19)16-8-5-9-24-16/h4-10,12H,11H2,1-3H3. The molecule has 0 unspecified atom stereocenters. The predicted octanol–water partition coefficient (Wildman–Crippen LogP) is 2.82. The van der Waals surface area contributed by atoms with E-state index in [-0.39, 0.29) is 28.9 Å². The summed E-state index contributed by atoms with van der Waals surface area (Å²) in [4.78, 5) is 24.5. The Hall–Kier alpha value is -2.03. The first-order chi connectivity index (χ1) is 11.7. The lowest BCUT2D eigenvalue weighted by atomic mass is 10.2. The summed E-state index contributed by atoms with van der Waals surface area (Å²) in [5, 5.41) is 1.76. The van der Waals surface area contributed by atoms with Gasteiger partial charge in [0.05, 0.1) is 15.3 Å². The first kappa shape index (κ1) is 19.3. The molecule has 1 aromatic heterocycles. The SMILES string of the molecule is CC(C)N(C)S(=O)(=O)c1cccc(C(=O)OCC(=O)c2cccs2)c1. The summed E-state index contributed by atoms with van der Waals surface area (Å²) in [6, 6.07) is 8.76. The average Bonchev–Trinajstić information content (AvgIpc) is 3.13. The number of thiophene rings is 1. The molecule has 1 aromatic carbocycles. The van der Waals surface area contributed by atoms with Crippen LogP contribution in [-0.2, 0) is 14.8 Å². The fraction of sp³-hybridized carbons (Fsp3) is 0.294. The van der Waals surface area contributed by atoms with Crippen LogP contribution in [0.15, 0.2) is 46.7 Å². The lowest BCUT2D eigenvalue weighted by Crippen LogP contribution is -2.33. The number of Topliss-reactive ketones (excluding diaryl/α,β-unsaturated/α-hetero) is 1. The molecule has 0 aliphatic carbocycles. The maximum Gasteiger partial charge on any atom is 0.338 e. The normalized spacial score (nSPS) is 11.7. The molecule has 0 saturated carbocycles. The zero-order chi connectivity index (χ0) is 18.6. The van der Waals surface area contributed by atoms with E-state index in [1.807, 2.05) is 0 Å². The smallest absolute Gasteiger partial charge is 0.338 e. The van der Waals surface area contributed by atoms with Gasteiger partial charge >= 0.3 is 5.97 Å². The largest absolute Gasteiger partial charge is 0.454 e. The molecule has 2 aromatic rings. The van der Waals surface area contributed by atoms with E-state index in [1.54, 1.807) is 31.4 Å². The van der Waals surface area contributed by atoms with Gasteiger partial charge in [-0.15, -0.1) is 11.3 Å². The minimum absolute atomic E-state index is 0.00253. The molecule has 0 atom stereocenters. The predicted molar refractivity (Wildman–Crippen MR) is 95.5 cm³/mol. The van der Waals surface area contributed by atoms with Crippen LogP contribution < -0.4 is 0 Å². The van der Waals surface area contributed by atoms with Gasteiger partial charge in [0.2, 0.25) is 15.8 Å². The molecule has 0 spiro atoms. The number of hydrogen-bond donors (Lipinski definition) is 0. The van der Waals surface area contributed by atoms with E-state index in [9.17, 15) is 18.0 Å². The van der Waals surface area contributed by atoms with E-state index >= 15 is 0 Å². The van der Waals surface area contributed by atoms with E-state index in [4.69, 9.17) is 4.74 Å². The highest BCUT2D eigenvalue weighted by Gasteiger charge is 2.24. The molecular weight excluding hydrogens is 362 g/mol. The maximum atomic E-state index is 12.5. The number of esters is 1. The van der Waals surface area contributed by atoms with Crippen molar-refractivity contribution in [3.63, 3.8) is 0 Å². The first-order valence-corrected chi connectivity index (χ1v) is 9.87. The topological polar surface area (TPSA) is 80.8 Å². The molecule has 134 valence electrons. The van der Waals surface area contributed by atoms with Crippen molar-refractivity contribution in [3.8, 4) is 0 Å². The van der Waals surface area contributed by atoms with Gasteiger partial charge in [-0.05, 0) is 43.5 Å². The lowest BCUT2D eigenvalue weighted by Gasteiger charge is -2.21. The van der Waals surface area contributed by atoms with Gasteiger partial charge in [0, 0.05) is 13.1 Å². The van der Waals surface area contributed by atoms with Crippen LogP contribution in [0, 0.1) is 0 Å². The minimum atomic E-state index is -3.70. The highest BCUT2D eigenvalue weighted by molar-refractivity contribution is 7.89. The van der Waals surface area contributed by atoms with Crippen LogP contribution in [0.25, 0.3) is 0 Å². The number of rotatable bonds is 7. The molecule has 0 saturated heterocycles. The molecular formula is C17H19NO5S2. The molecule has 0 radical (unpaired) electrons. The fourth-order valence-electron chi connectivity index (χ4n) is 1.95. The summed E-state index contributed by atoms with van der Waals surface area (Å²) in [6.07, 6.45) is 0. The Labute approximate surface area is 151 Å². The third-order valence-corrected chi connectivity index (χ3v) is 6.54. The Kier molecular flexibility index (Phi) is 6.10. The minimum Gasteiger partial charge on any atom is -0.454 e. The highest BCUT2D eigenvalue weighted by Crippen LogP contribution is 2.18. The quantitative estimate of drug-likeness (QED) is 0.544. The van der Waals surface area contributed by atoms with Crippen LogP contribution in [-0.4, -0.2) is 44.2 Å². The monoisotopic (exact) mass is 381 g/mol. The van der Waals surface area contributed by atoms with Gasteiger partial charge in [0.15, 0.2) is 6.61 Å². The molecule has 0 bridgehead atoms.